The van der Waals surface area contributed by atoms with Gasteiger partial charge in [-0.1, -0.05) is 36.0 Å². The van der Waals surface area contributed by atoms with Crippen LogP contribution < -0.4 is 0 Å². The van der Waals surface area contributed by atoms with Crippen molar-refractivity contribution in [1.29, 1.82) is 0 Å². The molecule has 0 aliphatic heterocycles. The number of hydrogen-bond donors (Lipinski definition) is 0. The quantitative estimate of drug-likeness (QED) is 0.309. The number of hydrogen-bond acceptors (Lipinski definition) is 4. The van der Waals surface area contributed by atoms with Crippen LogP contribution in [0.2, 0.25) is 10.0 Å². The van der Waals surface area contributed by atoms with Crippen LogP contribution in [0.5, 0.6) is 0 Å². The Morgan fingerprint density at radius 3 is 2.14 bits per heavy atom. The molecule has 0 atom stereocenters. The number of ether oxygens (including phenoxy) is 1. The van der Waals surface area contributed by atoms with E-state index in [1.807, 2.05) is 26.0 Å². The maximum Gasteiger partial charge on any atom is 0.306 e. The Hall–Kier alpha value is -0.820. The standard InChI is InChI=1S/C20H31Cl2NO4S/c1-16(2)27-20(24)10-6-4-5-7-11-23(28(3,25)26)12-8-9-17-13-18(21)15-19(22)14-17/h13-16H,4-12H2,1-3H3. The molecule has 0 saturated heterocycles. The molecule has 1 aromatic rings. The van der Waals surface area contributed by atoms with E-state index >= 15 is 0 Å². The van der Waals surface area contributed by atoms with Gasteiger partial charge in [0.25, 0.3) is 0 Å². The molecule has 0 unspecified atom stereocenters. The van der Waals surface area contributed by atoms with Crippen LogP contribution in [-0.2, 0) is 26.0 Å². The third-order valence-corrected chi connectivity index (χ3v) is 5.91. The minimum atomic E-state index is -3.25. The lowest BCUT2D eigenvalue weighted by Gasteiger charge is -2.20. The van der Waals surface area contributed by atoms with E-state index < -0.39 is 10.0 Å². The normalized spacial score (nSPS) is 12.0. The lowest BCUT2D eigenvalue weighted by molar-refractivity contribution is -0.147. The summed E-state index contributed by atoms with van der Waals surface area (Å²) in [4.78, 5) is 11.5. The first-order valence-electron chi connectivity index (χ1n) is 9.67. The van der Waals surface area contributed by atoms with Gasteiger partial charge in [0.05, 0.1) is 12.4 Å². The number of nitrogens with zero attached hydrogens (tertiary/aromatic N) is 1. The monoisotopic (exact) mass is 451 g/mol. The van der Waals surface area contributed by atoms with Gasteiger partial charge in [0.1, 0.15) is 0 Å². The zero-order chi connectivity index (χ0) is 21.2. The molecule has 0 radical (unpaired) electrons. The second-order valence-electron chi connectivity index (χ2n) is 7.25. The van der Waals surface area contributed by atoms with E-state index in [0.717, 1.165) is 31.2 Å². The summed E-state index contributed by atoms with van der Waals surface area (Å²) < 4.78 is 30.6. The van der Waals surface area contributed by atoms with E-state index in [9.17, 15) is 13.2 Å². The average molecular weight is 452 g/mol. The predicted molar refractivity (Wildman–Crippen MR) is 116 cm³/mol. The zero-order valence-electron chi connectivity index (χ0n) is 16.9. The van der Waals surface area contributed by atoms with E-state index in [1.165, 1.54) is 10.6 Å². The fourth-order valence-electron chi connectivity index (χ4n) is 2.89. The molecule has 0 N–H and O–H groups in total. The van der Waals surface area contributed by atoms with E-state index in [-0.39, 0.29) is 12.1 Å². The fourth-order valence-corrected chi connectivity index (χ4v) is 4.38. The van der Waals surface area contributed by atoms with Crippen molar-refractivity contribution in [3.63, 3.8) is 0 Å². The summed E-state index contributed by atoms with van der Waals surface area (Å²) in [6.45, 7) is 4.62. The SMILES string of the molecule is CC(C)OC(=O)CCCCCCN(CCCc1cc(Cl)cc(Cl)c1)S(C)(=O)=O. The van der Waals surface area contributed by atoms with Crippen LogP contribution in [0.15, 0.2) is 18.2 Å². The first-order chi connectivity index (χ1) is 13.1. The van der Waals surface area contributed by atoms with Gasteiger partial charge in [0.2, 0.25) is 10.0 Å². The predicted octanol–water partition coefficient (Wildman–Crippen LogP) is 5.09. The molecular formula is C20H31Cl2NO4S. The van der Waals surface area contributed by atoms with Crippen LogP contribution in [0.1, 0.15) is 57.9 Å². The van der Waals surface area contributed by atoms with E-state index in [0.29, 0.717) is 42.4 Å². The van der Waals surface area contributed by atoms with Gasteiger partial charge in [-0.05, 0) is 63.3 Å². The Labute approximate surface area is 179 Å². The van der Waals surface area contributed by atoms with Crippen molar-refractivity contribution in [2.45, 2.75) is 64.9 Å². The first kappa shape index (κ1) is 25.2. The number of sulfonamides is 1. The Morgan fingerprint density at radius 2 is 1.57 bits per heavy atom. The maximum atomic E-state index is 12.0. The van der Waals surface area contributed by atoms with Crippen molar-refractivity contribution >= 4 is 39.2 Å². The number of unbranched alkanes of at least 4 members (excludes halogenated alkanes) is 3. The van der Waals surface area contributed by atoms with Crippen LogP contribution >= 0.6 is 23.2 Å². The molecule has 0 saturated carbocycles. The first-order valence-corrected chi connectivity index (χ1v) is 12.3. The van der Waals surface area contributed by atoms with Crippen LogP contribution in [0.3, 0.4) is 0 Å². The van der Waals surface area contributed by atoms with Crippen molar-refractivity contribution < 1.29 is 17.9 Å². The molecule has 160 valence electrons. The smallest absolute Gasteiger partial charge is 0.306 e. The van der Waals surface area contributed by atoms with Crippen molar-refractivity contribution in [1.82, 2.24) is 4.31 Å². The molecule has 0 aliphatic rings. The lowest BCUT2D eigenvalue weighted by Crippen LogP contribution is -2.32. The highest BCUT2D eigenvalue weighted by atomic mass is 35.5. The Bertz CT molecular complexity index is 703. The highest BCUT2D eigenvalue weighted by Crippen LogP contribution is 2.20. The molecule has 0 amide bonds. The summed E-state index contributed by atoms with van der Waals surface area (Å²) in [6, 6.07) is 5.38. The van der Waals surface area contributed by atoms with Gasteiger partial charge < -0.3 is 4.74 Å². The van der Waals surface area contributed by atoms with Crippen LogP contribution in [0.25, 0.3) is 0 Å². The number of carbonyl (C=O) groups excluding carboxylic acids is 1. The number of esters is 1. The van der Waals surface area contributed by atoms with Crippen LogP contribution in [0.4, 0.5) is 0 Å². The maximum absolute atomic E-state index is 12.0. The van der Waals surface area contributed by atoms with Crippen molar-refractivity contribution in [2.75, 3.05) is 19.3 Å². The summed E-state index contributed by atoms with van der Waals surface area (Å²) in [7, 11) is -3.25. The topological polar surface area (TPSA) is 63.7 Å². The van der Waals surface area contributed by atoms with Gasteiger partial charge in [-0.2, -0.15) is 0 Å². The van der Waals surface area contributed by atoms with E-state index in [4.69, 9.17) is 27.9 Å². The Kier molecular flexibility index (Phi) is 11.4. The lowest BCUT2D eigenvalue weighted by atomic mass is 10.1. The molecule has 0 spiro atoms. The third kappa shape index (κ3) is 11.2. The van der Waals surface area contributed by atoms with Crippen molar-refractivity contribution in [2.24, 2.45) is 0 Å². The molecular weight excluding hydrogens is 421 g/mol. The second kappa shape index (κ2) is 12.7. The average Bonchev–Trinajstić information content (AvgIpc) is 2.53. The molecule has 0 aromatic heterocycles. The van der Waals surface area contributed by atoms with Gasteiger partial charge in [-0.25, -0.2) is 12.7 Å². The summed E-state index contributed by atoms with van der Waals surface area (Å²) in [5.41, 5.74) is 0.999. The molecule has 0 bridgehead atoms. The van der Waals surface area contributed by atoms with E-state index in [1.54, 1.807) is 6.07 Å². The zero-order valence-corrected chi connectivity index (χ0v) is 19.2. The summed E-state index contributed by atoms with van der Waals surface area (Å²) in [5.74, 6) is -0.172. The molecule has 0 aliphatic carbocycles. The number of rotatable bonds is 13. The number of benzene rings is 1. The van der Waals surface area contributed by atoms with Crippen LogP contribution in [-0.4, -0.2) is 44.1 Å². The summed E-state index contributed by atoms with van der Waals surface area (Å²) >= 11 is 12.0. The molecule has 0 fully saturated rings. The largest absolute Gasteiger partial charge is 0.463 e. The van der Waals surface area contributed by atoms with Crippen molar-refractivity contribution in [3.05, 3.63) is 33.8 Å². The fraction of sp³-hybridized carbons (Fsp3) is 0.650. The molecule has 1 aromatic carbocycles. The summed E-state index contributed by atoms with van der Waals surface area (Å²) in [6.07, 6.45) is 6.28. The van der Waals surface area contributed by atoms with Crippen LogP contribution in [0, 0.1) is 0 Å². The van der Waals surface area contributed by atoms with Gasteiger partial charge in [0.15, 0.2) is 0 Å². The van der Waals surface area contributed by atoms with Gasteiger partial charge in [-0.15, -0.1) is 0 Å². The van der Waals surface area contributed by atoms with Crippen molar-refractivity contribution in [3.8, 4) is 0 Å². The minimum Gasteiger partial charge on any atom is -0.463 e. The van der Waals surface area contributed by atoms with E-state index in [2.05, 4.69) is 0 Å². The molecule has 5 nitrogen and oxygen atoms in total. The Balaban J connectivity index is 2.32. The molecule has 8 heteroatoms. The van der Waals surface area contributed by atoms with Gasteiger partial charge >= 0.3 is 5.97 Å². The molecule has 0 heterocycles. The number of carbonyl (C=O) groups is 1. The highest BCUT2D eigenvalue weighted by Gasteiger charge is 2.15. The van der Waals surface area contributed by atoms with Gasteiger partial charge in [-0.3, -0.25) is 4.79 Å². The summed E-state index contributed by atoms with van der Waals surface area (Å²) in [5, 5.41) is 1.17. The number of aryl methyl sites for hydroxylation is 1. The number of halogens is 2. The third-order valence-electron chi connectivity index (χ3n) is 4.17. The Morgan fingerprint density at radius 1 is 1.00 bits per heavy atom. The molecule has 1 rings (SSSR count). The molecule has 28 heavy (non-hydrogen) atoms. The highest BCUT2D eigenvalue weighted by molar-refractivity contribution is 7.88. The second-order valence-corrected chi connectivity index (χ2v) is 10.1. The minimum absolute atomic E-state index is 0.0845. The van der Waals surface area contributed by atoms with Gasteiger partial charge in [0, 0.05) is 29.6 Å².